The summed E-state index contributed by atoms with van der Waals surface area (Å²) in [5.74, 6) is -3.16. The van der Waals surface area contributed by atoms with Gasteiger partial charge in [-0.15, -0.1) is 0 Å². The van der Waals surface area contributed by atoms with E-state index in [4.69, 9.17) is 16.6 Å². The monoisotopic (exact) mass is 401 g/mol. The van der Waals surface area contributed by atoms with Gasteiger partial charge in [-0.1, -0.05) is 27.7 Å². The molecule has 0 radical (unpaired) electrons. The van der Waals surface area contributed by atoms with E-state index in [0.717, 1.165) is 0 Å². The number of unbranched alkanes of at least 4 members (excludes halogenated alkanes) is 1. The summed E-state index contributed by atoms with van der Waals surface area (Å²) in [5.41, 5.74) is 11.3. The fourth-order valence-electron chi connectivity index (χ4n) is 2.36. The highest BCUT2D eigenvalue weighted by molar-refractivity contribution is 5.92. The molecule has 10 nitrogen and oxygen atoms in total. The van der Waals surface area contributed by atoms with Crippen LogP contribution in [0.4, 0.5) is 0 Å². The third kappa shape index (κ3) is 9.65. The van der Waals surface area contributed by atoms with Crippen molar-refractivity contribution in [3.05, 3.63) is 0 Å². The van der Waals surface area contributed by atoms with E-state index in [9.17, 15) is 19.2 Å². The van der Waals surface area contributed by atoms with Gasteiger partial charge in [0.25, 0.3) is 0 Å². The van der Waals surface area contributed by atoms with Crippen molar-refractivity contribution in [1.29, 1.82) is 0 Å². The smallest absolute Gasteiger partial charge is 0.326 e. The molecule has 0 aromatic carbocycles. The molecule has 0 saturated carbocycles. The van der Waals surface area contributed by atoms with Gasteiger partial charge in [-0.25, -0.2) is 4.79 Å². The number of hydrogen-bond donors (Lipinski definition) is 6. The van der Waals surface area contributed by atoms with Crippen LogP contribution in [-0.4, -0.2) is 60.0 Å². The summed E-state index contributed by atoms with van der Waals surface area (Å²) in [6, 6.07) is -2.65. The first-order chi connectivity index (χ1) is 13.0. The third-order valence-corrected chi connectivity index (χ3v) is 4.27. The van der Waals surface area contributed by atoms with E-state index < -0.39 is 48.4 Å². The zero-order valence-corrected chi connectivity index (χ0v) is 17.2. The Labute approximate surface area is 166 Å². The number of nitrogens with one attached hydrogen (secondary N) is 3. The summed E-state index contributed by atoms with van der Waals surface area (Å²) in [4.78, 5) is 47.7. The number of carboxylic acid groups (broad SMARTS) is 1. The number of carboxylic acids is 1. The number of aliphatic carboxylic acids is 1. The first-order valence-electron chi connectivity index (χ1n) is 9.57. The van der Waals surface area contributed by atoms with E-state index in [-0.39, 0.29) is 11.8 Å². The van der Waals surface area contributed by atoms with E-state index in [1.807, 2.05) is 0 Å². The Morgan fingerprint density at radius 1 is 0.929 bits per heavy atom. The molecule has 28 heavy (non-hydrogen) atoms. The van der Waals surface area contributed by atoms with Gasteiger partial charge in [0.2, 0.25) is 17.7 Å². The van der Waals surface area contributed by atoms with Crippen molar-refractivity contribution >= 4 is 23.7 Å². The Bertz CT molecular complexity index is 538. The van der Waals surface area contributed by atoms with Crippen molar-refractivity contribution in [3.63, 3.8) is 0 Å². The number of hydrogen-bond acceptors (Lipinski definition) is 6. The maximum atomic E-state index is 12.4. The van der Waals surface area contributed by atoms with Gasteiger partial charge < -0.3 is 32.5 Å². The molecule has 0 aliphatic heterocycles. The highest BCUT2D eigenvalue weighted by Gasteiger charge is 2.26. The van der Waals surface area contributed by atoms with Gasteiger partial charge in [-0.2, -0.15) is 0 Å². The van der Waals surface area contributed by atoms with Gasteiger partial charge >= 0.3 is 5.97 Å². The fraction of sp³-hybridized carbons (Fsp3) is 0.778. The van der Waals surface area contributed by atoms with Crippen LogP contribution in [0.15, 0.2) is 0 Å². The number of amides is 3. The Morgan fingerprint density at radius 3 is 2.00 bits per heavy atom. The van der Waals surface area contributed by atoms with Crippen LogP contribution in [-0.2, 0) is 19.2 Å². The second-order valence-electron chi connectivity index (χ2n) is 7.46. The first-order valence-corrected chi connectivity index (χ1v) is 9.57. The molecular weight excluding hydrogens is 366 g/mol. The lowest BCUT2D eigenvalue weighted by Crippen LogP contribution is -2.54. The van der Waals surface area contributed by atoms with Gasteiger partial charge in [0.15, 0.2) is 0 Å². The zero-order valence-electron chi connectivity index (χ0n) is 17.2. The normalized spacial score (nSPS) is 14.3. The lowest BCUT2D eigenvalue weighted by atomic mass is 10.0. The Morgan fingerprint density at radius 2 is 1.54 bits per heavy atom. The SMILES string of the molecule is CC(C)C(N)C(=O)NC(CCCCN)C(=O)NCC(=O)NC(C(=O)O)C(C)C. The predicted octanol–water partition coefficient (Wildman–Crippen LogP) is -1.07. The number of carbonyl (C=O) groups is 4. The summed E-state index contributed by atoms with van der Waals surface area (Å²) in [5, 5.41) is 16.5. The molecular formula is C18H35N5O5. The molecule has 0 aliphatic rings. The molecule has 0 aliphatic carbocycles. The van der Waals surface area contributed by atoms with Crippen molar-refractivity contribution in [3.8, 4) is 0 Å². The molecule has 10 heteroatoms. The molecule has 162 valence electrons. The van der Waals surface area contributed by atoms with Crippen molar-refractivity contribution in [2.75, 3.05) is 13.1 Å². The number of carbonyl (C=O) groups excluding carboxylic acids is 3. The van der Waals surface area contributed by atoms with Crippen LogP contribution in [0.1, 0.15) is 47.0 Å². The molecule has 0 aromatic heterocycles. The lowest BCUT2D eigenvalue weighted by molar-refractivity contribution is -0.143. The molecule has 0 rings (SSSR count). The topological polar surface area (TPSA) is 177 Å². The van der Waals surface area contributed by atoms with E-state index in [1.54, 1.807) is 27.7 Å². The second kappa shape index (κ2) is 13.1. The molecule has 0 heterocycles. The summed E-state index contributed by atoms with van der Waals surface area (Å²) in [7, 11) is 0. The van der Waals surface area contributed by atoms with Gasteiger partial charge in [-0.3, -0.25) is 14.4 Å². The molecule has 3 unspecified atom stereocenters. The summed E-state index contributed by atoms with van der Waals surface area (Å²) in [6.07, 6.45) is 1.66. The quantitative estimate of drug-likeness (QED) is 0.213. The van der Waals surface area contributed by atoms with E-state index in [2.05, 4.69) is 16.0 Å². The van der Waals surface area contributed by atoms with Crippen LogP contribution in [0.2, 0.25) is 0 Å². The average molecular weight is 402 g/mol. The highest BCUT2D eigenvalue weighted by atomic mass is 16.4. The minimum absolute atomic E-state index is 0.0949. The molecule has 3 atom stereocenters. The average Bonchev–Trinajstić information content (AvgIpc) is 2.61. The maximum absolute atomic E-state index is 12.4. The van der Waals surface area contributed by atoms with Crippen molar-refractivity contribution in [2.24, 2.45) is 23.3 Å². The molecule has 0 aromatic rings. The molecule has 0 bridgehead atoms. The summed E-state index contributed by atoms with van der Waals surface area (Å²) >= 11 is 0. The molecule has 8 N–H and O–H groups in total. The molecule has 3 amide bonds. The van der Waals surface area contributed by atoms with Gasteiger partial charge in [0, 0.05) is 0 Å². The molecule has 0 fully saturated rings. The summed E-state index contributed by atoms with van der Waals surface area (Å²) < 4.78 is 0. The van der Waals surface area contributed by atoms with E-state index in [1.165, 1.54) is 0 Å². The zero-order chi connectivity index (χ0) is 21.9. The van der Waals surface area contributed by atoms with Crippen LogP contribution in [0.5, 0.6) is 0 Å². The highest BCUT2D eigenvalue weighted by Crippen LogP contribution is 2.04. The van der Waals surface area contributed by atoms with Gasteiger partial charge in [0.1, 0.15) is 12.1 Å². The number of rotatable bonds is 13. The van der Waals surface area contributed by atoms with Crippen LogP contribution in [0, 0.1) is 11.8 Å². The molecule has 0 saturated heterocycles. The minimum Gasteiger partial charge on any atom is -0.480 e. The largest absolute Gasteiger partial charge is 0.480 e. The lowest BCUT2D eigenvalue weighted by Gasteiger charge is -2.22. The van der Waals surface area contributed by atoms with Crippen molar-refractivity contribution in [1.82, 2.24) is 16.0 Å². The van der Waals surface area contributed by atoms with E-state index in [0.29, 0.717) is 25.8 Å². The van der Waals surface area contributed by atoms with Gasteiger partial charge in [0.05, 0.1) is 12.6 Å². The third-order valence-electron chi connectivity index (χ3n) is 4.27. The van der Waals surface area contributed by atoms with Crippen LogP contribution in [0.3, 0.4) is 0 Å². The van der Waals surface area contributed by atoms with Crippen LogP contribution >= 0.6 is 0 Å². The Hall–Kier alpha value is -2.20. The van der Waals surface area contributed by atoms with Crippen LogP contribution < -0.4 is 27.4 Å². The number of nitrogens with two attached hydrogens (primary N) is 2. The Balaban J connectivity index is 4.83. The van der Waals surface area contributed by atoms with Crippen molar-refractivity contribution < 1.29 is 24.3 Å². The Kier molecular flexibility index (Phi) is 12.0. The second-order valence-corrected chi connectivity index (χ2v) is 7.46. The minimum atomic E-state index is -1.15. The van der Waals surface area contributed by atoms with E-state index >= 15 is 0 Å². The van der Waals surface area contributed by atoms with Crippen molar-refractivity contribution in [2.45, 2.75) is 65.1 Å². The summed E-state index contributed by atoms with van der Waals surface area (Å²) in [6.45, 7) is 6.99. The van der Waals surface area contributed by atoms with Crippen LogP contribution in [0.25, 0.3) is 0 Å². The van der Waals surface area contributed by atoms with Gasteiger partial charge in [-0.05, 0) is 37.6 Å². The first kappa shape index (κ1) is 25.8. The standard InChI is InChI=1S/C18H35N5O5/c1-10(2)14(20)17(26)22-12(7-5-6-8-19)16(25)21-9-13(24)23-15(11(3)4)18(27)28/h10-12,14-15H,5-9,19-20H2,1-4H3,(H,21,25)(H,22,26)(H,23,24)(H,27,28). The fourth-order valence-corrected chi connectivity index (χ4v) is 2.36. The maximum Gasteiger partial charge on any atom is 0.326 e. The predicted molar refractivity (Wildman–Crippen MR) is 105 cm³/mol. The molecule has 0 spiro atoms.